The minimum atomic E-state index is 0.239. The lowest BCUT2D eigenvalue weighted by atomic mass is 9.95. The van der Waals surface area contributed by atoms with Crippen molar-refractivity contribution in [2.45, 2.75) is 64.0 Å². The van der Waals surface area contributed by atoms with Gasteiger partial charge in [-0.25, -0.2) is 0 Å². The highest BCUT2D eigenvalue weighted by atomic mass is 16.1. The Balaban J connectivity index is 1.58. The highest BCUT2D eigenvalue weighted by molar-refractivity contribution is 5.77. The molecular formula is C15H31N3O+2. The first kappa shape index (κ1) is 14.8. The lowest BCUT2D eigenvalue weighted by Gasteiger charge is -2.22. The minimum absolute atomic E-state index is 0.239. The molecule has 2 fully saturated rings. The van der Waals surface area contributed by atoms with E-state index in [0.29, 0.717) is 12.6 Å². The zero-order valence-corrected chi connectivity index (χ0v) is 12.4. The molecule has 0 bridgehead atoms. The quantitative estimate of drug-likeness (QED) is 0.573. The first-order valence-electron chi connectivity index (χ1n) is 8.25. The number of hydrogen-bond donors (Lipinski definition) is 3. The van der Waals surface area contributed by atoms with Crippen LogP contribution >= 0.6 is 0 Å². The molecule has 1 aliphatic heterocycles. The van der Waals surface area contributed by atoms with Gasteiger partial charge in [0.1, 0.15) is 12.6 Å². The van der Waals surface area contributed by atoms with Gasteiger partial charge in [0.2, 0.25) is 0 Å². The number of nitrogens with one attached hydrogen (secondary N) is 2. The third-order valence-electron chi connectivity index (χ3n) is 4.83. The highest BCUT2D eigenvalue weighted by Gasteiger charge is 2.28. The Morgan fingerprint density at radius 2 is 2.00 bits per heavy atom. The lowest BCUT2D eigenvalue weighted by molar-refractivity contribution is -0.923. The van der Waals surface area contributed by atoms with Gasteiger partial charge in [-0.1, -0.05) is 19.3 Å². The number of carbonyl (C=O) groups is 1. The fourth-order valence-corrected chi connectivity index (χ4v) is 3.68. The van der Waals surface area contributed by atoms with Gasteiger partial charge in [-0.2, -0.15) is 0 Å². The van der Waals surface area contributed by atoms with Crippen molar-refractivity contribution in [1.82, 2.24) is 5.32 Å². The van der Waals surface area contributed by atoms with E-state index in [1.165, 1.54) is 58.0 Å². The minimum Gasteiger partial charge on any atom is -0.348 e. The van der Waals surface area contributed by atoms with Crippen LogP contribution in [0.2, 0.25) is 0 Å². The zero-order chi connectivity index (χ0) is 13.5. The summed E-state index contributed by atoms with van der Waals surface area (Å²) < 4.78 is 0. The maximum Gasteiger partial charge on any atom is 0.275 e. The molecule has 1 amide bonds. The molecule has 2 rings (SSSR count). The van der Waals surface area contributed by atoms with Crippen molar-refractivity contribution in [3.8, 4) is 0 Å². The van der Waals surface area contributed by atoms with Crippen LogP contribution in [0.5, 0.6) is 0 Å². The van der Waals surface area contributed by atoms with E-state index >= 15 is 0 Å². The Bertz CT molecular complexity index is 277. The summed E-state index contributed by atoms with van der Waals surface area (Å²) in [6.45, 7) is 6.55. The molecule has 0 aromatic rings. The Labute approximate surface area is 117 Å². The van der Waals surface area contributed by atoms with Crippen molar-refractivity contribution in [3.63, 3.8) is 0 Å². The second-order valence-electron chi connectivity index (χ2n) is 6.23. The van der Waals surface area contributed by atoms with E-state index in [-0.39, 0.29) is 5.91 Å². The van der Waals surface area contributed by atoms with Crippen molar-refractivity contribution >= 4 is 5.91 Å². The standard InChI is InChI=1S/C15H29N3O/c1-2-18-10-6-9-14(18)11-16-12-15(19)17-13-7-4-3-5-8-13/h13-14,16H,2-12H2,1H3,(H,17,19)/p+2/t14-/m1/s1. The largest absolute Gasteiger partial charge is 0.348 e. The van der Waals surface area contributed by atoms with Crippen LogP contribution in [-0.2, 0) is 4.79 Å². The average Bonchev–Trinajstić information content (AvgIpc) is 2.87. The molecule has 0 aromatic heterocycles. The van der Waals surface area contributed by atoms with E-state index in [4.69, 9.17) is 0 Å². The highest BCUT2D eigenvalue weighted by Crippen LogP contribution is 2.16. The molecule has 2 atom stereocenters. The maximum atomic E-state index is 11.9. The molecule has 1 saturated heterocycles. The van der Waals surface area contributed by atoms with Crippen LogP contribution in [0.1, 0.15) is 51.9 Å². The van der Waals surface area contributed by atoms with Crippen LogP contribution in [0.3, 0.4) is 0 Å². The van der Waals surface area contributed by atoms with E-state index < -0.39 is 0 Å². The van der Waals surface area contributed by atoms with Gasteiger partial charge in [-0.05, 0) is 19.8 Å². The number of nitrogens with two attached hydrogens (primary N) is 1. The molecule has 1 saturated carbocycles. The third-order valence-corrected chi connectivity index (χ3v) is 4.83. The molecular weight excluding hydrogens is 238 g/mol. The molecule has 0 spiro atoms. The average molecular weight is 269 g/mol. The van der Waals surface area contributed by atoms with Crippen LogP contribution in [0.4, 0.5) is 0 Å². The van der Waals surface area contributed by atoms with Crippen LogP contribution in [0.25, 0.3) is 0 Å². The number of carbonyl (C=O) groups excluding carboxylic acids is 1. The van der Waals surface area contributed by atoms with Crippen molar-refractivity contribution < 1.29 is 15.0 Å². The molecule has 4 heteroatoms. The van der Waals surface area contributed by atoms with Crippen molar-refractivity contribution in [1.29, 1.82) is 0 Å². The maximum absolute atomic E-state index is 11.9. The topological polar surface area (TPSA) is 50.2 Å². The van der Waals surface area contributed by atoms with Gasteiger partial charge in [0.25, 0.3) is 5.91 Å². The smallest absolute Gasteiger partial charge is 0.275 e. The molecule has 0 radical (unpaired) electrons. The molecule has 1 unspecified atom stereocenters. The number of rotatable bonds is 6. The SMILES string of the molecule is CC[NH+]1CCC[C@@H]1C[NH2+]CC(=O)NC1CCCCC1. The molecule has 2 aliphatic rings. The van der Waals surface area contributed by atoms with Gasteiger partial charge in [-0.15, -0.1) is 0 Å². The first-order chi connectivity index (χ1) is 9.29. The van der Waals surface area contributed by atoms with Crippen LogP contribution < -0.4 is 15.5 Å². The van der Waals surface area contributed by atoms with E-state index in [1.54, 1.807) is 4.90 Å². The summed E-state index contributed by atoms with van der Waals surface area (Å²) in [5, 5.41) is 5.40. The van der Waals surface area contributed by atoms with E-state index in [1.807, 2.05) is 0 Å². The van der Waals surface area contributed by atoms with Crippen molar-refractivity contribution in [3.05, 3.63) is 0 Å². The van der Waals surface area contributed by atoms with E-state index in [2.05, 4.69) is 17.6 Å². The Hall–Kier alpha value is -0.610. The van der Waals surface area contributed by atoms with Crippen LogP contribution in [-0.4, -0.2) is 44.2 Å². The Morgan fingerprint density at radius 3 is 2.74 bits per heavy atom. The molecule has 1 aliphatic carbocycles. The number of likely N-dealkylation sites (tertiary alicyclic amines) is 1. The van der Waals surface area contributed by atoms with Gasteiger partial charge < -0.3 is 15.5 Å². The number of quaternary nitrogens is 2. The molecule has 1 heterocycles. The summed E-state index contributed by atoms with van der Waals surface area (Å²) in [4.78, 5) is 13.6. The normalized spacial score (nSPS) is 28.5. The zero-order valence-electron chi connectivity index (χ0n) is 12.4. The summed E-state index contributed by atoms with van der Waals surface area (Å²) >= 11 is 0. The fraction of sp³-hybridized carbons (Fsp3) is 0.933. The van der Waals surface area contributed by atoms with Crippen molar-refractivity contribution in [2.24, 2.45) is 0 Å². The second kappa shape index (κ2) is 7.85. The second-order valence-corrected chi connectivity index (χ2v) is 6.23. The fourth-order valence-electron chi connectivity index (χ4n) is 3.68. The Kier molecular flexibility index (Phi) is 6.11. The molecule has 110 valence electrons. The molecule has 0 aromatic carbocycles. The predicted octanol–water partition coefficient (Wildman–Crippen LogP) is -0.934. The Morgan fingerprint density at radius 1 is 1.21 bits per heavy atom. The van der Waals surface area contributed by atoms with Gasteiger partial charge >= 0.3 is 0 Å². The van der Waals surface area contributed by atoms with Gasteiger partial charge in [0, 0.05) is 18.9 Å². The monoisotopic (exact) mass is 269 g/mol. The number of hydrogen-bond acceptors (Lipinski definition) is 1. The molecule has 4 N–H and O–H groups in total. The number of likely N-dealkylation sites (N-methyl/N-ethyl adjacent to an activating group) is 1. The predicted molar refractivity (Wildman–Crippen MR) is 76.1 cm³/mol. The van der Waals surface area contributed by atoms with Crippen molar-refractivity contribution in [2.75, 3.05) is 26.2 Å². The van der Waals surface area contributed by atoms with Gasteiger partial charge in [-0.3, -0.25) is 4.79 Å². The van der Waals surface area contributed by atoms with E-state index in [0.717, 1.165) is 12.6 Å². The summed E-state index contributed by atoms with van der Waals surface area (Å²) in [6, 6.07) is 1.23. The third kappa shape index (κ3) is 4.77. The summed E-state index contributed by atoms with van der Waals surface area (Å²) in [7, 11) is 0. The van der Waals surface area contributed by atoms with Gasteiger partial charge in [0.15, 0.2) is 6.54 Å². The summed E-state index contributed by atoms with van der Waals surface area (Å²) in [5.41, 5.74) is 0. The summed E-state index contributed by atoms with van der Waals surface area (Å²) in [6.07, 6.45) is 8.97. The van der Waals surface area contributed by atoms with E-state index in [9.17, 15) is 4.79 Å². The lowest BCUT2D eigenvalue weighted by Crippen LogP contribution is -3.16. The van der Waals surface area contributed by atoms with Crippen LogP contribution in [0.15, 0.2) is 0 Å². The summed E-state index contributed by atoms with van der Waals surface area (Å²) in [5.74, 6) is 0.239. The van der Waals surface area contributed by atoms with Gasteiger partial charge in [0.05, 0.1) is 13.1 Å². The molecule has 19 heavy (non-hydrogen) atoms. The van der Waals surface area contributed by atoms with Crippen LogP contribution in [0, 0.1) is 0 Å². The number of amides is 1. The first-order valence-corrected chi connectivity index (χ1v) is 8.25. The molecule has 4 nitrogen and oxygen atoms in total.